The van der Waals surface area contributed by atoms with E-state index in [-0.39, 0.29) is 17.1 Å². The molecule has 0 saturated carbocycles. The molecule has 4 nitrogen and oxygen atoms in total. The number of carbonyl (C=O) groups is 2. The van der Waals surface area contributed by atoms with Crippen LogP contribution < -0.4 is 10.6 Å². The number of benzene rings is 1. The molecule has 1 rings (SSSR count). The summed E-state index contributed by atoms with van der Waals surface area (Å²) in [5, 5.41) is 5.33. The molecule has 1 aromatic carbocycles. The maximum absolute atomic E-state index is 11.6. The predicted molar refractivity (Wildman–Crippen MR) is 65.2 cm³/mol. The zero-order chi connectivity index (χ0) is 12.0. The SMILES string of the molecule is CNC(=O)[C@H](NC(=O)CBr)c1ccccc1. The van der Waals surface area contributed by atoms with Crippen LogP contribution in [0.5, 0.6) is 0 Å². The van der Waals surface area contributed by atoms with Crippen LogP contribution in [0.3, 0.4) is 0 Å². The molecule has 0 radical (unpaired) electrons. The highest BCUT2D eigenvalue weighted by molar-refractivity contribution is 9.09. The van der Waals surface area contributed by atoms with Gasteiger partial charge < -0.3 is 10.6 Å². The van der Waals surface area contributed by atoms with Crippen LogP contribution in [0.2, 0.25) is 0 Å². The minimum atomic E-state index is -0.642. The molecular formula is C11H13BrN2O2. The van der Waals surface area contributed by atoms with E-state index in [4.69, 9.17) is 0 Å². The molecule has 0 aromatic heterocycles. The fourth-order valence-corrected chi connectivity index (χ4v) is 1.45. The molecule has 0 aliphatic carbocycles. The second kappa shape index (κ2) is 6.27. The predicted octanol–water partition coefficient (Wildman–Crippen LogP) is 0.985. The molecule has 86 valence electrons. The molecule has 16 heavy (non-hydrogen) atoms. The summed E-state index contributed by atoms with van der Waals surface area (Å²) in [6.07, 6.45) is 0. The summed E-state index contributed by atoms with van der Waals surface area (Å²) in [6.45, 7) is 0. The molecule has 0 saturated heterocycles. The van der Waals surface area contributed by atoms with Gasteiger partial charge in [-0.1, -0.05) is 46.3 Å². The van der Waals surface area contributed by atoms with Crippen molar-refractivity contribution in [2.45, 2.75) is 6.04 Å². The van der Waals surface area contributed by atoms with Crippen LogP contribution in [-0.2, 0) is 9.59 Å². The van der Waals surface area contributed by atoms with Crippen molar-refractivity contribution in [3.05, 3.63) is 35.9 Å². The monoisotopic (exact) mass is 284 g/mol. The van der Waals surface area contributed by atoms with Gasteiger partial charge in [-0.15, -0.1) is 0 Å². The third-order valence-electron chi connectivity index (χ3n) is 2.07. The van der Waals surface area contributed by atoms with E-state index < -0.39 is 6.04 Å². The van der Waals surface area contributed by atoms with Gasteiger partial charge in [0.15, 0.2) is 0 Å². The van der Waals surface area contributed by atoms with E-state index in [0.717, 1.165) is 5.56 Å². The summed E-state index contributed by atoms with van der Waals surface area (Å²) in [5.74, 6) is -0.460. The van der Waals surface area contributed by atoms with Gasteiger partial charge in [0.05, 0.1) is 5.33 Å². The average Bonchev–Trinajstić information content (AvgIpc) is 2.35. The third kappa shape index (κ3) is 3.34. The van der Waals surface area contributed by atoms with Crippen LogP contribution in [0.25, 0.3) is 0 Å². The largest absolute Gasteiger partial charge is 0.357 e. The van der Waals surface area contributed by atoms with Gasteiger partial charge in [0.1, 0.15) is 6.04 Å². The van der Waals surface area contributed by atoms with Crippen LogP contribution in [-0.4, -0.2) is 24.2 Å². The number of alkyl halides is 1. The highest BCUT2D eigenvalue weighted by Gasteiger charge is 2.20. The zero-order valence-corrected chi connectivity index (χ0v) is 10.5. The van der Waals surface area contributed by atoms with E-state index in [1.54, 1.807) is 19.2 Å². The number of rotatable bonds is 4. The van der Waals surface area contributed by atoms with Crippen molar-refractivity contribution in [1.29, 1.82) is 0 Å². The first-order valence-electron chi connectivity index (χ1n) is 4.81. The van der Waals surface area contributed by atoms with Crippen molar-refractivity contribution in [2.24, 2.45) is 0 Å². The van der Waals surface area contributed by atoms with Gasteiger partial charge in [0.2, 0.25) is 11.8 Å². The van der Waals surface area contributed by atoms with Gasteiger partial charge in [-0.05, 0) is 5.56 Å². The second-order valence-electron chi connectivity index (χ2n) is 3.16. The molecule has 0 spiro atoms. The van der Waals surface area contributed by atoms with Gasteiger partial charge in [-0.25, -0.2) is 0 Å². The summed E-state index contributed by atoms with van der Waals surface area (Å²) < 4.78 is 0. The molecule has 0 unspecified atom stereocenters. The lowest BCUT2D eigenvalue weighted by Crippen LogP contribution is -2.39. The summed E-state index contributed by atoms with van der Waals surface area (Å²) in [6, 6.07) is 8.47. The number of likely N-dealkylation sites (N-methyl/N-ethyl adjacent to an activating group) is 1. The maximum atomic E-state index is 11.6. The average molecular weight is 285 g/mol. The molecule has 2 N–H and O–H groups in total. The number of hydrogen-bond donors (Lipinski definition) is 2. The van der Waals surface area contributed by atoms with Crippen molar-refractivity contribution in [3.63, 3.8) is 0 Å². The molecule has 1 atom stereocenters. The minimum absolute atomic E-state index is 0.174. The lowest BCUT2D eigenvalue weighted by molar-refractivity contribution is -0.127. The first kappa shape index (κ1) is 12.7. The lowest BCUT2D eigenvalue weighted by Gasteiger charge is -2.16. The van der Waals surface area contributed by atoms with Gasteiger partial charge in [-0.2, -0.15) is 0 Å². The van der Waals surface area contributed by atoms with Crippen LogP contribution in [0.1, 0.15) is 11.6 Å². The highest BCUT2D eigenvalue weighted by Crippen LogP contribution is 2.12. The van der Waals surface area contributed by atoms with Crippen molar-refractivity contribution >= 4 is 27.7 Å². The van der Waals surface area contributed by atoms with Crippen molar-refractivity contribution < 1.29 is 9.59 Å². The lowest BCUT2D eigenvalue weighted by atomic mass is 10.1. The van der Waals surface area contributed by atoms with E-state index in [1.807, 2.05) is 18.2 Å². The fraction of sp³-hybridized carbons (Fsp3) is 0.273. The first-order chi connectivity index (χ1) is 7.69. The van der Waals surface area contributed by atoms with E-state index in [1.165, 1.54) is 0 Å². The highest BCUT2D eigenvalue weighted by atomic mass is 79.9. The minimum Gasteiger partial charge on any atom is -0.357 e. The number of hydrogen-bond acceptors (Lipinski definition) is 2. The quantitative estimate of drug-likeness (QED) is 0.810. The van der Waals surface area contributed by atoms with Gasteiger partial charge >= 0.3 is 0 Å². The molecular weight excluding hydrogens is 272 g/mol. The Morgan fingerprint density at radius 1 is 1.31 bits per heavy atom. The Balaban J connectivity index is 2.88. The van der Waals surface area contributed by atoms with E-state index in [9.17, 15) is 9.59 Å². The molecule has 0 bridgehead atoms. The van der Waals surface area contributed by atoms with E-state index in [2.05, 4.69) is 26.6 Å². The number of carbonyl (C=O) groups excluding carboxylic acids is 2. The molecule has 5 heteroatoms. The number of halogens is 1. The zero-order valence-electron chi connectivity index (χ0n) is 8.87. The Morgan fingerprint density at radius 2 is 1.94 bits per heavy atom. The standard InChI is InChI=1S/C11H13BrN2O2/c1-13-11(16)10(14-9(15)7-12)8-5-3-2-4-6-8/h2-6,10H,7H2,1H3,(H,13,16)(H,14,15)/t10-/m1/s1. The molecule has 0 heterocycles. The van der Waals surface area contributed by atoms with Gasteiger partial charge in [-0.3, -0.25) is 9.59 Å². The molecule has 0 aliphatic heterocycles. The smallest absolute Gasteiger partial charge is 0.246 e. The van der Waals surface area contributed by atoms with Crippen LogP contribution in [0, 0.1) is 0 Å². The van der Waals surface area contributed by atoms with Crippen molar-refractivity contribution in [2.75, 3.05) is 12.4 Å². The molecule has 2 amide bonds. The first-order valence-corrected chi connectivity index (χ1v) is 5.93. The van der Waals surface area contributed by atoms with E-state index >= 15 is 0 Å². The molecule has 0 aliphatic rings. The summed E-state index contributed by atoms with van der Waals surface area (Å²) >= 11 is 3.04. The Bertz CT molecular complexity index is 368. The summed E-state index contributed by atoms with van der Waals surface area (Å²) in [4.78, 5) is 22.9. The number of amides is 2. The molecule has 1 aromatic rings. The van der Waals surface area contributed by atoms with Crippen LogP contribution in [0.15, 0.2) is 30.3 Å². The van der Waals surface area contributed by atoms with Crippen molar-refractivity contribution in [1.82, 2.24) is 10.6 Å². The molecule has 0 fully saturated rings. The number of nitrogens with one attached hydrogen (secondary N) is 2. The summed E-state index contributed by atoms with van der Waals surface area (Å²) in [7, 11) is 1.54. The summed E-state index contributed by atoms with van der Waals surface area (Å²) in [5.41, 5.74) is 0.760. The topological polar surface area (TPSA) is 58.2 Å². The van der Waals surface area contributed by atoms with Gasteiger partial charge in [0.25, 0.3) is 0 Å². The van der Waals surface area contributed by atoms with Crippen molar-refractivity contribution in [3.8, 4) is 0 Å². The maximum Gasteiger partial charge on any atom is 0.246 e. The Morgan fingerprint density at radius 3 is 2.44 bits per heavy atom. The Hall–Kier alpha value is -1.36. The van der Waals surface area contributed by atoms with Crippen LogP contribution >= 0.6 is 15.9 Å². The second-order valence-corrected chi connectivity index (χ2v) is 3.72. The third-order valence-corrected chi connectivity index (χ3v) is 2.58. The van der Waals surface area contributed by atoms with E-state index in [0.29, 0.717) is 0 Å². The Kier molecular flexibility index (Phi) is 4.98. The van der Waals surface area contributed by atoms with Gasteiger partial charge in [0, 0.05) is 7.05 Å². The normalized spacial score (nSPS) is 11.6. The fourth-order valence-electron chi connectivity index (χ4n) is 1.29. The Labute approximate surface area is 103 Å². The van der Waals surface area contributed by atoms with Crippen LogP contribution in [0.4, 0.5) is 0 Å².